The molecule has 2 heteroatoms. The lowest BCUT2D eigenvalue weighted by Gasteiger charge is -2.24. The highest BCUT2D eigenvalue weighted by Crippen LogP contribution is 2.34. The molecule has 2 N–H and O–H groups in total. The fourth-order valence-corrected chi connectivity index (χ4v) is 5.40. The van der Waals surface area contributed by atoms with Crippen LogP contribution >= 0.6 is 12.6 Å². The molecule has 176 valence electrons. The third kappa shape index (κ3) is 10.4. The van der Waals surface area contributed by atoms with E-state index < -0.39 is 0 Å². The lowest BCUT2D eigenvalue weighted by Crippen LogP contribution is -2.13. The predicted molar refractivity (Wildman–Crippen MR) is 144 cm³/mol. The van der Waals surface area contributed by atoms with Gasteiger partial charge in [-0.15, -0.1) is 0 Å². The van der Waals surface area contributed by atoms with Gasteiger partial charge in [0, 0.05) is 5.25 Å². The van der Waals surface area contributed by atoms with E-state index in [-0.39, 0.29) is 5.48 Å². The molecule has 0 bridgehead atoms. The highest BCUT2D eigenvalue weighted by molar-refractivity contribution is 7.81. The summed E-state index contributed by atoms with van der Waals surface area (Å²) in [6, 6.07) is 15.6. The molecular formula is C29H48OS. The standard InChI is InChI=1S/C29H46S.H2O/c1-3-5-6-7-8-9-10-11-12-13-14-15-16-24-29(30)26(4-2)28-23-19-21-25-20-17-18-22-27(25)28;/h17-23,26,29-30H,3-16,24H2,1-2H3;1H2. The van der Waals surface area contributed by atoms with Crippen molar-refractivity contribution < 1.29 is 5.48 Å². The molecule has 0 fully saturated rings. The Kier molecular flexibility index (Phi) is 15.9. The van der Waals surface area contributed by atoms with Crippen LogP contribution in [0, 0.1) is 0 Å². The zero-order valence-electron chi connectivity index (χ0n) is 20.2. The molecule has 0 spiro atoms. The van der Waals surface area contributed by atoms with Gasteiger partial charge < -0.3 is 5.48 Å². The van der Waals surface area contributed by atoms with E-state index in [0.717, 1.165) is 0 Å². The number of rotatable bonds is 17. The molecule has 0 radical (unpaired) electrons. The van der Waals surface area contributed by atoms with Gasteiger partial charge in [-0.3, -0.25) is 0 Å². The minimum Gasteiger partial charge on any atom is -0.412 e. The van der Waals surface area contributed by atoms with Gasteiger partial charge >= 0.3 is 0 Å². The fraction of sp³-hybridized carbons (Fsp3) is 0.655. The molecule has 0 aliphatic rings. The van der Waals surface area contributed by atoms with Crippen LogP contribution in [-0.4, -0.2) is 10.7 Å². The molecule has 0 aromatic heterocycles. The Morgan fingerprint density at radius 1 is 0.645 bits per heavy atom. The van der Waals surface area contributed by atoms with Gasteiger partial charge in [0.05, 0.1) is 0 Å². The topological polar surface area (TPSA) is 31.5 Å². The molecule has 2 rings (SSSR count). The van der Waals surface area contributed by atoms with E-state index in [1.165, 1.54) is 113 Å². The van der Waals surface area contributed by atoms with E-state index in [2.05, 4.69) is 56.3 Å². The van der Waals surface area contributed by atoms with Crippen LogP contribution in [0.25, 0.3) is 10.8 Å². The normalized spacial score (nSPS) is 13.1. The van der Waals surface area contributed by atoms with Crippen molar-refractivity contribution in [3.05, 3.63) is 48.0 Å². The maximum absolute atomic E-state index is 5.05. The summed E-state index contributed by atoms with van der Waals surface area (Å²) in [5.41, 5.74) is 1.49. The summed E-state index contributed by atoms with van der Waals surface area (Å²) in [6.45, 7) is 4.61. The highest BCUT2D eigenvalue weighted by atomic mass is 32.1. The molecule has 0 aliphatic carbocycles. The Morgan fingerprint density at radius 2 is 1.16 bits per heavy atom. The van der Waals surface area contributed by atoms with Gasteiger partial charge in [0.25, 0.3) is 0 Å². The van der Waals surface area contributed by atoms with Crippen LogP contribution in [0.15, 0.2) is 42.5 Å². The van der Waals surface area contributed by atoms with Crippen molar-refractivity contribution in [3.63, 3.8) is 0 Å². The first-order valence-corrected chi connectivity index (χ1v) is 13.4. The van der Waals surface area contributed by atoms with E-state index in [4.69, 9.17) is 12.6 Å². The third-order valence-corrected chi connectivity index (χ3v) is 7.35. The number of unbranched alkanes of at least 4 members (excludes halogenated alkanes) is 12. The summed E-state index contributed by atoms with van der Waals surface area (Å²) in [5.74, 6) is 0.553. The lowest BCUT2D eigenvalue weighted by atomic mass is 9.87. The average molecular weight is 445 g/mol. The second-order valence-corrected chi connectivity index (χ2v) is 9.85. The van der Waals surface area contributed by atoms with E-state index in [9.17, 15) is 0 Å². The Hall–Kier alpha value is -0.990. The number of hydrogen-bond acceptors (Lipinski definition) is 1. The molecule has 2 aromatic carbocycles. The summed E-state index contributed by atoms with van der Waals surface area (Å²) in [4.78, 5) is 0. The van der Waals surface area contributed by atoms with Crippen LogP contribution in [0.5, 0.6) is 0 Å². The highest BCUT2D eigenvalue weighted by Gasteiger charge is 2.19. The lowest BCUT2D eigenvalue weighted by molar-refractivity contribution is 0.521. The van der Waals surface area contributed by atoms with Crippen LogP contribution in [0.2, 0.25) is 0 Å². The smallest absolute Gasteiger partial charge is 0.00856 e. The van der Waals surface area contributed by atoms with Gasteiger partial charge in [0.1, 0.15) is 0 Å². The maximum Gasteiger partial charge on any atom is 0.00856 e. The van der Waals surface area contributed by atoms with Gasteiger partial charge in [-0.05, 0) is 35.1 Å². The van der Waals surface area contributed by atoms with Crippen LogP contribution < -0.4 is 0 Å². The molecule has 0 heterocycles. The number of fused-ring (bicyclic) bond motifs is 1. The Bertz CT molecular complexity index is 678. The maximum atomic E-state index is 5.05. The fourth-order valence-electron chi connectivity index (χ4n) is 4.85. The zero-order chi connectivity index (χ0) is 21.4. The molecular weight excluding hydrogens is 396 g/mol. The quantitative estimate of drug-likeness (QED) is 0.186. The zero-order valence-corrected chi connectivity index (χ0v) is 21.1. The molecule has 2 atom stereocenters. The monoisotopic (exact) mass is 444 g/mol. The summed E-state index contributed by atoms with van der Waals surface area (Å²) < 4.78 is 0. The molecule has 0 saturated heterocycles. The van der Waals surface area contributed by atoms with Gasteiger partial charge in [-0.2, -0.15) is 12.6 Å². The van der Waals surface area contributed by atoms with Crippen molar-refractivity contribution in [2.75, 3.05) is 0 Å². The third-order valence-electron chi connectivity index (χ3n) is 6.73. The van der Waals surface area contributed by atoms with Crippen molar-refractivity contribution in [1.29, 1.82) is 0 Å². The van der Waals surface area contributed by atoms with E-state index >= 15 is 0 Å². The molecule has 31 heavy (non-hydrogen) atoms. The van der Waals surface area contributed by atoms with Crippen molar-refractivity contribution in [2.45, 2.75) is 121 Å². The van der Waals surface area contributed by atoms with E-state index in [0.29, 0.717) is 11.2 Å². The Morgan fingerprint density at radius 3 is 1.74 bits per heavy atom. The van der Waals surface area contributed by atoms with Crippen LogP contribution in [-0.2, 0) is 0 Å². The second kappa shape index (κ2) is 17.6. The number of benzene rings is 2. The first-order valence-electron chi connectivity index (χ1n) is 12.9. The molecule has 0 saturated carbocycles. The Labute approximate surface area is 198 Å². The van der Waals surface area contributed by atoms with Crippen molar-refractivity contribution in [1.82, 2.24) is 0 Å². The minimum atomic E-state index is 0. The van der Waals surface area contributed by atoms with Gasteiger partial charge in [0.2, 0.25) is 0 Å². The van der Waals surface area contributed by atoms with Gasteiger partial charge in [-0.1, -0.05) is 140 Å². The molecule has 0 aliphatic heterocycles. The van der Waals surface area contributed by atoms with Crippen molar-refractivity contribution in [2.24, 2.45) is 0 Å². The Balaban J connectivity index is 0.00000480. The summed E-state index contributed by atoms with van der Waals surface area (Å²) in [5, 5.41) is 3.24. The SMILES string of the molecule is CCCCCCCCCCCCCCCC(S)C(CC)c1cccc2ccccc12.O. The van der Waals surface area contributed by atoms with Gasteiger partial charge in [-0.25, -0.2) is 0 Å². The number of hydrogen-bond donors (Lipinski definition) is 1. The van der Waals surface area contributed by atoms with E-state index in [1.54, 1.807) is 0 Å². The summed E-state index contributed by atoms with van der Waals surface area (Å²) in [7, 11) is 0. The van der Waals surface area contributed by atoms with Crippen molar-refractivity contribution in [3.8, 4) is 0 Å². The molecule has 1 nitrogen and oxygen atoms in total. The largest absolute Gasteiger partial charge is 0.412 e. The molecule has 2 unspecified atom stereocenters. The summed E-state index contributed by atoms with van der Waals surface area (Å²) >= 11 is 5.05. The van der Waals surface area contributed by atoms with Gasteiger partial charge in [0.15, 0.2) is 0 Å². The molecule has 2 aromatic rings. The van der Waals surface area contributed by atoms with E-state index in [1.807, 2.05) is 0 Å². The van der Waals surface area contributed by atoms with Crippen LogP contribution in [0.1, 0.15) is 122 Å². The summed E-state index contributed by atoms with van der Waals surface area (Å²) in [6.07, 6.45) is 20.9. The van der Waals surface area contributed by atoms with Crippen LogP contribution in [0.3, 0.4) is 0 Å². The minimum absolute atomic E-state index is 0. The average Bonchev–Trinajstić information content (AvgIpc) is 2.77. The first-order chi connectivity index (χ1) is 14.8. The predicted octanol–water partition coefficient (Wildman–Crippen LogP) is 9.29. The van der Waals surface area contributed by atoms with Crippen LogP contribution in [0.4, 0.5) is 0 Å². The second-order valence-electron chi connectivity index (χ2n) is 9.18. The first kappa shape index (κ1) is 28.0. The number of thiol groups is 1. The van der Waals surface area contributed by atoms with Crippen molar-refractivity contribution >= 4 is 23.4 Å². The molecule has 0 amide bonds.